The molecule has 3 aromatic rings. The standard InChI is InChI=1S/C30H39N3O3/c1-33(16-7-12-28-31-26-10-6-11-27(29(26)32-28)36-19-18-35-2)17-15-30(34)21-23-13-14-24(30)20-25(23)22-8-4-3-5-9-22/h3-6,8-11,20,23-24,34H,7,12-19,21H2,1-2H3,(H,31,32). The Bertz CT molecular complexity index is 1170. The van der Waals surface area contributed by atoms with Crippen molar-refractivity contribution in [2.75, 3.05) is 40.5 Å². The number of nitrogens with one attached hydrogen (secondary N) is 1. The van der Waals surface area contributed by atoms with Crippen molar-refractivity contribution in [2.45, 2.75) is 44.1 Å². The van der Waals surface area contributed by atoms with E-state index < -0.39 is 5.60 Å². The Hall–Kier alpha value is -2.67. The minimum atomic E-state index is -0.576. The van der Waals surface area contributed by atoms with Crippen molar-refractivity contribution in [3.8, 4) is 5.75 Å². The molecule has 0 saturated heterocycles. The molecule has 3 aliphatic rings. The second-order valence-electron chi connectivity index (χ2n) is 10.5. The van der Waals surface area contributed by atoms with Crippen molar-refractivity contribution in [3.63, 3.8) is 0 Å². The van der Waals surface area contributed by atoms with Gasteiger partial charge in [0.25, 0.3) is 0 Å². The summed E-state index contributed by atoms with van der Waals surface area (Å²) in [7, 11) is 3.84. The van der Waals surface area contributed by atoms with E-state index in [2.05, 4.69) is 53.3 Å². The van der Waals surface area contributed by atoms with Crippen LogP contribution in [0.5, 0.6) is 5.75 Å². The molecule has 2 aromatic carbocycles. The fraction of sp³-hybridized carbons (Fsp3) is 0.500. The minimum Gasteiger partial charge on any atom is -0.489 e. The number of fused-ring (bicyclic) bond motifs is 3. The molecule has 3 unspecified atom stereocenters. The van der Waals surface area contributed by atoms with Crippen LogP contribution in [0, 0.1) is 11.8 Å². The van der Waals surface area contributed by atoms with Gasteiger partial charge in [-0.05, 0) is 74.9 Å². The number of rotatable bonds is 12. The van der Waals surface area contributed by atoms with Crippen LogP contribution in [-0.4, -0.2) is 66.0 Å². The zero-order valence-corrected chi connectivity index (χ0v) is 21.6. The van der Waals surface area contributed by atoms with Crippen molar-refractivity contribution >= 4 is 16.6 Å². The number of H-pyrrole nitrogens is 1. The third kappa shape index (κ3) is 5.51. The quantitative estimate of drug-likeness (QED) is 0.347. The van der Waals surface area contributed by atoms with Crippen LogP contribution in [0.3, 0.4) is 0 Å². The summed E-state index contributed by atoms with van der Waals surface area (Å²) in [5.41, 5.74) is 4.08. The number of imidazole rings is 1. The molecule has 1 saturated carbocycles. The normalized spacial score (nSPS) is 23.4. The Morgan fingerprint density at radius 2 is 1.94 bits per heavy atom. The van der Waals surface area contributed by atoms with Gasteiger partial charge in [-0.1, -0.05) is 42.5 Å². The SMILES string of the molecule is COCCOc1cccc2[nH]c(CCCN(C)CCC3(O)CC4CCC3C=C4c3ccccc3)nc12. The summed E-state index contributed by atoms with van der Waals surface area (Å²) >= 11 is 0. The zero-order valence-electron chi connectivity index (χ0n) is 21.6. The van der Waals surface area contributed by atoms with Crippen LogP contribution in [0.1, 0.15) is 43.5 Å². The molecule has 3 aliphatic carbocycles. The van der Waals surface area contributed by atoms with Gasteiger partial charge in [0.2, 0.25) is 0 Å². The number of aromatic amines is 1. The van der Waals surface area contributed by atoms with Gasteiger partial charge < -0.3 is 24.5 Å². The molecule has 1 fully saturated rings. The molecule has 0 aliphatic heterocycles. The second kappa shape index (κ2) is 11.2. The molecule has 6 heteroatoms. The third-order valence-electron chi connectivity index (χ3n) is 7.99. The average Bonchev–Trinajstić information content (AvgIpc) is 3.32. The lowest BCUT2D eigenvalue weighted by atomic mass is 9.61. The average molecular weight is 490 g/mol. The van der Waals surface area contributed by atoms with Gasteiger partial charge in [0, 0.05) is 26.0 Å². The lowest BCUT2D eigenvalue weighted by Crippen LogP contribution is -2.48. The number of para-hydroxylation sites is 1. The predicted molar refractivity (Wildman–Crippen MR) is 144 cm³/mol. The van der Waals surface area contributed by atoms with Crippen LogP contribution in [-0.2, 0) is 11.2 Å². The van der Waals surface area contributed by atoms with Gasteiger partial charge in [0.15, 0.2) is 0 Å². The summed E-state index contributed by atoms with van der Waals surface area (Å²) < 4.78 is 10.9. The van der Waals surface area contributed by atoms with E-state index in [4.69, 9.17) is 14.5 Å². The van der Waals surface area contributed by atoms with E-state index in [1.54, 1.807) is 7.11 Å². The number of allylic oxidation sites excluding steroid dienone is 1. The molecule has 2 N–H and O–H groups in total. The summed E-state index contributed by atoms with van der Waals surface area (Å²) in [6, 6.07) is 16.7. The van der Waals surface area contributed by atoms with Crippen molar-refractivity contribution < 1.29 is 14.6 Å². The number of ether oxygens (including phenoxy) is 2. The Morgan fingerprint density at radius 1 is 1.08 bits per heavy atom. The lowest BCUT2D eigenvalue weighted by Gasteiger charge is -2.48. The molecular weight excluding hydrogens is 450 g/mol. The van der Waals surface area contributed by atoms with E-state index in [-0.39, 0.29) is 5.92 Å². The summed E-state index contributed by atoms with van der Waals surface area (Å²) in [6.07, 6.45) is 8.29. The van der Waals surface area contributed by atoms with Gasteiger partial charge in [-0.15, -0.1) is 0 Å². The summed E-state index contributed by atoms with van der Waals surface area (Å²) in [5.74, 6) is 2.53. The van der Waals surface area contributed by atoms with Crippen LogP contribution in [0.2, 0.25) is 0 Å². The van der Waals surface area contributed by atoms with Crippen LogP contribution >= 0.6 is 0 Å². The summed E-state index contributed by atoms with van der Waals surface area (Å²) in [6.45, 7) is 2.95. The fourth-order valence-corrected chi connectivity index (χ4v) is 5.98. The van der Waals surface area contributed by atoms with Gasteiger partial charge in [-0.25, -0.2) is 4.98 Å². The molecule has 3 atom stereocenters. The maximum absolute atomic E-state index is 11.6. The van der Waals surface area contributed by atoms with Crippen molar-refractivity contribution in [2.24, 2.45) is 11.8 Å². The number of aromatic nitrogens is 2. The van der Waals surface area contributed by atoms with Crippen molar-refractivity contribution in [3.05, 3.63) is 66.0 Å². The van der Waals surface area contributed by atoms with Gasteiger partial charge in [-0.3, -0.25) is 0 Å². The monoisotopic (exact) mass is 489 g/mol. The van der Waals surface area contributed by atoms with E-state index in [1.807, 2.05) is 18.2 Å². The van der Waals surface area contributed by atoms with E-state index in [9.17, 15) is 5.11 Å². The summed E-state index contributed by atoms with van der Waals surface area (Å²) in [5, 5.41) is 11.6. The first kappa shape index (κ1) is 25.0. The highest BCUT2D eigenvalue weighted by Crippen LogP contribution is 2.51. The number of methoxy groups -OCH3 is 1. The van der Waals surface area contributed by atoms with E-state index in [1.165, 1.54) is 17.6 Å². The van der Waals surface area contributed by atoms with Gasteiger partial charge in [0.1, 0.15) is 23.7 Å². The Kier molecular flexibility index (Phi) is 7.75. The molecule has 2 bridgehead atoms. The molecule has 0 spiro atoms. The van der Waals surface area contributed by atoms with Gasteiger partial charge in [-0.2, -0.15) is 0 Å². The summed E-state index contributed by atoms with van der Waals surface area (Å²) in [4.78, 5) is 10.6. The number of hydrogen-bond donors (Lipinski definition) is 2. The van der Waals surface area contributed by atoms with Crippen LogP contribution in [0.15, 0.2) is 54.6 Å². The molecule has 0 amide bonds. The molecule has 0 radical (unpaired) electrons. The predicted octanol–water partition coefficient (Wildman–Crippen LogP) is 5.09. The first-order valence-corrected chi connectivity index (χ1v) is 13.3. The highest BCUT2D eigenvalue weighted by atomic mass is 16.5. The first-order chi connectivity index (χ1) is 17.6. The number of nitrogens with zero attached hydrogens (tertiary/aromatic N) is 2. The molecule has 36 heavy (non-hydrogen) atoms. The highest BCUT2D eigenvalue weighted by molar-refractivity contribution is 5.81. The number of benzene rings is 2. The van der Waals surface area contributed by atoms with E-state index in [0.29, 0.717) is 19.1 Å². The Balaban J connectivity index is 1.11. The maximum atomic E-state index is 11.6. The molecule has 1 heterocycles. The maximum Gasteiger partial charge on any atom is 0.147 e. The molecule has 6 nitrogen and oxygen atoms in total. The lowest BCUT2D eigenvalue weighted by molar-refractivity contribution is -0.0574. The molecule has 6 rings (SSSR count). The van der Waals surface area contributed by atoms with Crippen molar-refractivity contribution in [1.29, 1.82) is 0 Å². The Morgan fingerprint density at radius 3 is 2.72 bits per heavy atom. The second-order valence-corrected chi connectivity index (χ2v) is 10.5. The minimum absolute atomic E-state index is 0.266. The zero-order chi connectivity index (χ0) is 25.0. The molecular formula is C30H39N3O3. The van der Waals surface area contributed by atoms with E-state index >= 15 is 0 Å². The number of aliphatic hydroxyl groups is 1. The first-order valence-electron chi connectivity index (χ1n) is 13.3. The third-order valence-corrected chi connectivity index (χ3v) is 7.99. The van der Waals surface area contributed by atoms with Crippen LogP contribution < -0.4 is 4.74 Å². The van der Waals surface area contributed by atoms with Crippen molar-refractivity contribution in [1.82, 2.24) is 14.9 Å². The fourth-order valence-electron chi connectivity index (χ4n) is 5.98. The topological polar surface area (TPSA) is 70.6 Å². The smallest absolute Gasteiger partial charge is 0.147 e. The molecule has 1 aromatic heterocycles. The number of hydrogen-bond acceptors (Lipinski definition) is 5. The Labute approximate surface area is 214 Å². The van der Waals surface area contributed by atoms with Gasteiger partial charge in [0.05, 0.1) is 17.7 Å². The largest absolute Gasteiger partial charge is 0.489 e. The number of aryl methyl sites for hydroxylation is 1. The highest BCUT2D eigenvalue weighted by Gasteiger charge is 2.46. The van der Waals surface area contributed by atoms with Crippen LogP contribution in [0.4, 0.5) is 0 Å². The van der Waals surface area contributed by atoms with Crippen LogP contribution in [0.25, 0.3) is 16.6 Å². The van der Waals surface area contributed by atoms with E-state index in [0.717, 1.165) is 67.8 Å². The molecule has 192 valence electrons. The van der Waals surface area contributed by atoms with Gasteiger partial charge >= 0.3 is 0 Å².